The van der Waals surface area contributed by atoms with Gasteiger partial charge in [-0.3, -0.25) is 9.69 Å². The van der Waals surface area contributed by atoms with Gasteiger partial charge in [0.25, 0.3) is 5.91 Å². The summed E-state index contributed by atoms with van der Waals surface area (Å²) in [5.74, 6) is 0.348. The molecule has 2 aromatic carbocycles. The molecule has 1 fully saturated rings. The molecule has 0 radical (unpaired) electrons. The van der Waals surface area contributed by atoms with Gasteiger partial charge in [0.2, 0.25) is 0 Å². The Balaban J connectivity index is 2.00. The molecule has 0 aromatic heterocycles. The summed E-state index contributed by atoms with van der Waals surface area (Å²) >= 11 is 24.7. The third-order valence-electron chi connectivity index (χ3n) is 3.42. The molecular weight excluding hydrogens is 421 g/mol. The van der Waals surface area contributed by atoms with Crippen molar-refractivity contribution < 1.29 is 9.53 Å². The molecule has 0 N–H and O–H groups in total. The molecule has 0 bridgehead atoms. The van der Waals surface area contributed by atoms with Gasteiger partial charge in [0.05, 0.1) is 22.7 Å². The van der Waals surface area contributed by atoms with E-state index in [9.17, 15) is 4.79 Å². The van der Waals surface area contributed by atoms with Gasteiger partial charge in [-0.15, -0.1) is 0 Å². The summed E-state index contributed by atoms with van der Waals surface area (Å²) in [4.78, 5) is 14.7. The number of hydrogen-bond donors (Lipinski definition) is 0. The standard InChI is InChI=1S/C17H10Cl3NO2S2/c1-23-14-5-3-10(18)6-9(14)7-15-16(22)21(17(24)25-15)13-4-2-11(19)8-12(13)20/h2-8H,1H3. The average Bonchev–Trinajstić information content (AvgIpc) is 2.82. The number of carbonyl (C=O) groups excluding carboxylic acids is 1. The first-order valence-corrected chi connectivity index (χ1v) is 9.33. The molecule has 0 spiro atoms. The number of halogens is 3. The lowest BCUT2D eigenvalue weighted by Gasteiger charge is -2.16. The molecule has 1 aliphatic rings. The lowest BCUT2D eigenvalue weighted by molar-refractivity contribution is -0.113. The van der Waals surface area contributed by atoms with Crippen LogP contribution in [0.2, 0.25) is 15.1 Å². The zero-order chi connectivity index (χ0) is 18.1. The molecular formula is C17H10Cl3NO2S2. The molecule has 1 aliphatic heterocycles. The molecule has 0 atom stereocenters. The number of amides is 1. The zero-order valence-electron chi connectivity index (χ0n) is 12.8. The van der Waals surface area contributed by atoms with E-state index < -0.39 is 0 Å². The second-order valence-electron chi connectivity index (χ2n) is 5.00. The maximum absolute atomic E-state index is 12.8. The van der Waals surface area contributed by atoms with Crippen LogP contribution in [0.1, 0.15) is 5.56 Å². The minimum atomic E-state index is -0.263. The van der Waals surface area contributed by atoms with Crippen LogP contribution >= 0.6 is 58.8 Å². The fraction of sp³-hybridized carbons (Fsp3) is 0.0588. The Bertz CT molecular complexity index is 915. The van der Waals surface area contributed by atoms with Crippen LogP contribution in [0.3, 0.4) is 0 Å². The highest BCUT2D eigenvalue weighted by atomic mass is 35.5. The van der Waals surface area contributed by atoms with E-state index in [1.54, 1.807) is 49.6 Å². The fourth-order valence-electron chi connectivity index (χ4n) is 2.30. The first-order chi connectivity index (χ1) is 11.9. The first-order valence-electron chi connectivity index (χ1n) is 6.97. The Kier molecular flexibility index (Phi) is 5.61. The van der Waals surface area contributed by atoms with Crippen molar-refractivity contribution in [2.24, 2.45) is 0 Å². The molecule has 128 valence electrons. The quantitative estimate of drug-likeness (QED) is 0.437. The average molecular weight is 431 g/mol. The van der Waals surface area contributed by atoms with Crippen molar-refractivity contribution in [2.45, 2.75) is 0 Å². The molecule has 2 aromatic rings. The van der Waals surface area contributed by atoms with Gasteiger partial charge < -0.3 is 4.74 Å². The molecule has 0 aliphatic carbocycles. The van der Waals surface area contributed by atoms with Crippen molar-refractivity contribution in [1.29, 1.82) is 0 Å². The van der Waals surface area contributed by atoms with Crippen LogP contribution in [0.5, 0.6) is 5.75 Å². The Morgan fingerprint density at radius 1 is 1.12 bits per heavy atom. The van der Waals surface area contributed by atoms with Crippen molar-refractivity contribution in [3.8, 4) is 5.75 Å². The molecule has 0 saturated carbocycles. The minimum absolute atomic E-state index is 0.263. The molecule has 1 heterocycles. The SMILES string of the molecule is COc1ccc(Cl)cc1C=C1SC(=S)N(c2ccc(Cl)cc2Cl)C1=O. The van der Waals surface area contributed by atoms with Crippen molar-refractivity contribution in [3.63, 3.8) is 0 Å². The van der Waals surface area contributed by atoms with Gasteiger partial charge in [-0.2, -0.15) is 0 Å². The molecule has 25 heavy (non-hydrogen) atoms. The number of rotatable bonds is 3. The summed E-state index contributed by atoms with van der Waals surface area (Å²) in [5, 5.41) is 1.38. The summed E-state index contributed by atoms with van der Waals surface area (Å²) < 4.78 is 5.70. The summed E-state index contributed by atoms with van der Waals surface area (Å²) in [5.41, 5.74) is 1.19. The van der Waals surface area contributed by atoms with Crippen LogP contribution in [0.15, 0.2) is 41.3 Å². The number of hydrogen-bond acceptors (Lipinski definition) is 4. The normalized spacial score (nSPS) is 16.0. The zero-order valence-corrected chi connectivity index (χ0v) is 16.7. The van der Waals surface area contributed by atoms with E-state index in [1.165, 1.54) is 16.7 Å². The van der Waals surface area contributed by atoms with Gasteiger partial charge in [0.15, 0.2) is 4.32 Å². The number of methoxy groups -OCH3 is 1. The van der Waals surface area contributed by atoms with Crippen molar-refractivity contribution in [1.82, 2.24) is 0 Å². The van der Waals surface area contributed by atoms with E-state index in [1.807, 2.05) is 0 Å². The number of ether oxygens (including phenoxy) is 1. The molecule has 1 saturated heterocycles. The van der Waals surface area contributed by atoms with E-state index in [0.29, 0.717) is 41.3 Å². The molecule has 0 unspecified atom stereocenters. The number of benzene rings is 2. The number of anilines is 1. The molecule has 3 rings (SSSR count). The molecule has 1 amide bonds. The van der Waals surface area contributed by atoms with Crippen LogP contribution in [-0.2, 0) is 4.79 Å². The summed E-state index contributed by atoms with van der Waals surface area (Å²) in [6.07, 6.45) is 1.70. The van der Waals surface area contributed by atoms with Gasteiger partial charge >= 0.3 is 0 Å². The Labute approximate surface area is 169 Å². The summed E-state index contributed by atoms with van der Waals surface area (Å²) in [6.45, 7) is 0. The topological polar surface area (TPSA) is 29.5 Å². The van der Waals surface area contributed by atoms with Crippen LogP contribution < -0.4 is 9.64 Å². The predicted octanol–water partition coefficient (Wildman–Crippen LogP) is 6.06. The Hall–Kier alpha value is -1.24. The van der Waals surface area contributed by atoms with E-state index in [4.69, 9.17) is 51.8 Å². The third-order valence-corrected chi connectivity index (χ3v) is 5.50. The van der Waals surface area contributed by atoms with Crippen LogP contribution in [0.4, 0.5) is 5.69 Å². The van der Waals surface area contributed by atoms with E-state index in [0.717, 1.165) is 0 Å². The third kappa shape index (κ3) is 3.81. The number of thioether (sulfide) groups is 1. The fourth-order valence-corrected chi connectivity index (χ4v) is 4.25. The predicted molar refractivity (Wildman–Crippen MR) is 110 cm³/mol. The second-order valence-corrected chi connectivity index (χ2v) is 7.95. The Morgan fingerprint density at radius 2 is 1.80 bits per heavy atom. The molecule has 3 nitrogen and oxygen atoms in total. The van der Waals surface area contributed by atoms with E-state index in [-0.39, 0.29) is 5.91 Å². The van der Waals surface area contributed by atoms with Gasteiger partial charge in [0, 0.05) is 15.6 Å². The number of nitrogens with zero attached hydrogens (tertiary/aromatic N) is 1. The van der Waals surface area contributed by atoms with Crippen LogP contribution in [0.25, 0.3) is 6.08 Å². The van der Waals surface area contributed by atoms with Crippen molar-refractivity contribution in [2.75, 3.05) is 12.0 Å². The van der Waals surface area contributed by atoms with E-state index >= 15 is 0 Å². The maximum atomic E-state index is 12.8. The van der Waals surface area contributed by atoms with Crippen LogP contribution in [-0.4, -0.2) is 17.3 Å². The largest absolute Gasteiger partial charge is 0.496 e. The van der Waals surface area contributed by atoms with Crippen molar-refractivity contribution >= 4 is 80.8 Å². The summed E-state index contributed by atoms with van der Waals surface area (Å²) in [7, 11) is 1.55. The number of carbonyl (C=O) groups is 1. The smallest absolute Gasteiger partial charge is 0.270 e. The highest BCUT2D eigenvalue weighted by Gasteiger charge is 2.34. The second kappa shape index (κ2) is 7.56. The van der Waals surface area contributed by atoms with Gasteiger partial charge in [-0.25, -0.2) is 0 Å². The monoisotopic (exact) mass is 429 g/mol. The lowest BCUT2D eigenvalue weighted by atomic mass is 10.2. The highest BCUT2D eigenvalue weighted by molar-refractivity contribution is 8.27. The lowest BCUT2D eigenvalue weighted by Crippen LogP contribution is -2.27. The first kappa shape index (κ1) is 18.5. The summed E-state index contributed by atoms with van der Waals surface area (Å²) in [6, 6.07) is 10.1. The van der Waals surface area contributed by atoms with Gasteiger partial charge in [-0.1, -0.05) is 58.8 Å². The number of thiocarbonyl (C=S) groups is 1. The van der Waals surface area contributed by atoms with Gasteiger partial charge in [0.1, 0.15) is 5.75 Å². The highest BCUT2D eigenvalue weighted by Crippen LogP contribution is 2.40. The minimum Gasteiger partial charge on any atom is -0.496 e. The Morgan fingerprint density at radius 3 is 2.48 bits per heavy atom. The van der Waals surface area contributed by atoms with E-state index in [2.05, 4.69) is 0 Å². The van der Waals surface area contributed by atoms with Crippen molar-refractivity contribution in [3.05, 3.63) is 61.9 Å². The van der Waals surface area contributed by atoms with Gasteiger partial charge in [-0.05, 0) is 42.5 Å². The maximum Gasteiger partial charge on any atom is 0.270 e. The molecule has 8 heteroatoms. The van der Waals surface area contributed by atoms with Crippen LogP contribution in [0, 0.1) is 0 Å².